The van der Waals surface area contributed by atoms with Crippen LogP contribution in [0.3, 0.4) is 0 Å². The maximum atomic E-state index is 12.5. The van der Waals surface area contributed by atoms with Gasteiger partial charge in [0.2, 0.25) is 5.95 Å². The predicted octanol–water partition coefficient (Wildman–Crippen LogP) is 4.18. The minimum Gasteiger partial charge on any atom is -0.362 e. The molecule has 0 spiro atoms. The molecule has 3 N–H and O–H groups in total. The van der Waals surface area contributed by atoms with Gasteiger partial charge < -0.3 is 20.9 Å². The van der Waals surface area contributed by atoms with Gasteiger partial charge in [0.1, 0.15) is 5.82 Å². The Bertz CT molecular complexity index is 1060. The van der Waals surface area contributed by atoms with E-state index in [9.17, 15) is 14.9 Å². The lowest BCUT2D eigenvalue weighted by Gasteiger charge is -2.30. The number of nitro benzene ring substituents is 1. The summed E-state index contributed by atoms with van der Waals surface area (Å²) in [5, 5.41) is 20.4. The highest BCUT2D eigenvalue weighted by atomic mass is 16.6. The van der Waals surface area contributed by atoms with Crippen molar-refractivity contribution in [1.82, 2.24) is 15.3 Å². The van der Waals surface area contributed by atoms with E-state index in [2.05, 4.69) is 20.9 Å². The number of fused-ring (bicyclic) bond motifs is 1. The zero-order valence-electron chi connectivity index (χ0n) is 20.1. The first-order valence-corrected chi connectivity index (χ1v) is 12.0. The van der Waals surface area contributed by atoms with Crippen molar-refractivity contribution >= 4 is 29.2 Å². The number of hydrogen-bond donors (Lipinski definition) is 3. The average molecular weight is 468 g/mol. The molecule has 2 aliphatic rings. The first-order chi connectivity index (χ1) is 16.3. The van der Waals surface area contributed by atoms with Gasteiger partial charge in [-0.15, -0.1) is 0 Å². The van der Waals surface area contributed by atoms with Crippen molar-refractivity contribution in [3.8, 4) is 0 Å². The smallest absolute Gasteiger partial charge is 0.319 e. The average Bonchev–Trinajstić information content (AvgIpc) is 2.81. The van der Waals surface area contributed by atoms with Crippen molar-refractivity contribution in [2.75, 3.05) is 29.6 Å². The van der Waals surface area contributed by atoms with Gasteiger partial charge in [-0.3, -0.25) is 10.1 Å². The molecule has 2 amide bonds. The molecule has 0 aliphatic heterocycles. The molecule has 2 aliphatic carbocycles. The van der Waals surface area contributed by atoms with E-state index in [1.807, 2.05) is 14.1 Å². The summed E-state index contributed by atoms with van der Waals surface area (Å²) < 4.78 is 0. The molecule has 0 atom stereocenters. The standard InChI is InChI=1S/C24H33N7O3/c1-15-19(9-6-10-21(15)31(33)34)28-24(32)26-17-13-11-16(12-14-17)25-23-27-20-8-5-4-7-18(20)22(29-23)30(2)3/h6,9-10,16-17H,4-5,7-8,11-14H2,1-3H3,(H,25,27,29)(H2,26,28,32)/t16-,17+. The summed E-state index contributed by atoms with van der Waals surface area (Å²) in [6.45, 7) is 1.63. The van der Waals surface area contributed by atoms with Crippen LogP contribution in [0.15, 0.2) is 18.2 Å². The van der Waals surface area contributed by atoms with Crippen LogP contribution in [-0.4, -0.2) is 47.1 Å². The van der Waals surface area contributed by atoms with Crippen LogP contribution in [0, 0.1) is 17.0 Å². The molecule has 0 unspecified atom stereocenters. The van der Waals surface area contributed by atoms with E-state index in [4.69, 9.17) is 9.97 Å². The molecular formula is C24H33N7O3. The number of anilines is 3. The van der Waals surface area contributed by atoms with Gasteiger partial charge in [-0.25, -0.2) is 9.78 Å². The third-order valence-corrected chi connectivity index (χ3v) is 6.73. The number of nitro groups is 1. The molecule has 1 heterocycles. The highest BCUT2D eigenvalue weighted by Gasteiger charge is 2.25. The fourth-order valence-corrected chi connectivity index (χ4v) is 4.87. The molecule has 182 valence electrons. The summed E-state index contributed by atoms with van der Waals surface area (Å²) in [7, 11) is 4.05. The van der Waals surface area contributed by atoms with Crippen LogP contribution in [0.25, 0.3) is 0 Å². The summed E-state index contributed by atoms with van der Waals surface area (Å²) in [6.07, 6.45) is 7.88. The van der Waals surface area contributed by atoms with E-state index in [1.165, 1.54) is 24.5 Å². The number of urea groups is 1. The molecule has 2 aromatic rings. The summed E-state index contributed by atoms with van der Waals surface area (Å²) in [6, 6.07) is 4.65. The molecular weight excluding hydrogens is 434 g/mol. The van der Waals surface area contributed by atoms with Gasteiger partial charge in [0.05, 0.1) is 21.9 Å². The molecule has 0 bridgehead atoms. The van der Waals surface area contributed by atoms with Gasteiger partial charge in [0.15, 0.2) is 0 Å². The van der Waals surface area contributed by atoms with E-state index in [0.717, 1.165) is 50.0 Å². The minimum atomic E-state index is -0.444. The highest BCUT2D eigenvalue weighted by molar-refractivity contribution is 5.90. The van der Waals surface area contributed by atoms with Gasteiger partial charge in [0.25, 0.3) is 5.69 Å². The molecule has 1 saturated carbocycles. The molecule has 0 radical (unpaired) electrons. The van der Waals surface area contributed by atoms with Crippen LogP contribution in [0.4, 0.5) is 27.9 Å². The molecule has 1 fully saturated rings. The lowest BCUT2D eigenvalue weighted by atomic mass is 9.91. The number of aromatic nitrogens is 2. The predicted molar refractivity (Wildman–Crippen MR) is 133 cm³/mol. The quantitative estimate of drug-likeness (QED) is 0.430. The minimum absolute atomic E-state index is 0.00814. The topological polar surface area (TPSA) is 125 Å². The van der Waals surface area contributed by atoms with Crippen molar-refractivity contribution in [1.29, 1.82) is 0 Å². The fraction of sp³-hybridized carbons (Fsp3) is 0.542. The second kappa shape index (κ2) is 10.2. The van der Waals surface area contributed by atoms with Crippen molar-refractivity contribution in [2.45, 2.75) is 70.4 Å². The number of benzene rings is 1. The van der Waals surface area contributed by atoms with Gasteiger partial charge in [0, 0.05) is 37.8 Å². The SMILES string of the molecule is Cc1c(NC(=O)N[C@H]2CC[C@@H](Nc3nc4c(c(N(C)C)n3)CCCC4)CC2)cccc1[N+](=O)[O-]. The summed E-state index contributed by atoms with van der Waals surface area (Å²) >= 11 is 0. The van der Waals surface area contributed by atoms with Gasteiger partial charge in [-0.1, -0.05) is 6.07 Å². The van der Waals surface area contributed by atoms with Crippen LogP contribution in [0.5, 0.6) is 0 Å². The summed E-state index contributed by atoms with van der Waals surface area (Å²) in [5.74, 6) is 1.70. The molecule has 34 heavy (non-hydrogen) atoms. The highest BCUT2D eigenvalue weighted by Crippen LogP contribution is 2.30. The number of carbonyl (C=O) groups excluding carboxylic acids is 1. The van der Waals surface area contributed by atoms with E-state index in [0.29, 0.717) is 17.2 Å². The number of carbonyl (C=O) groups is 1. The van der Waals surface area contributed by atoms with Crippen LogP contribution in [0.2, 0.25) is 0 Å². The Morgan fingerprint density at radius 3 is 2.50 bits per heavy atom. The van der Waals surface area contributed by atoms with Crippen molar-refractivity contribution < 1.29 is 9.72 Å². The van der Waals surface area contributed by atoms with Gasteiger partial charge in [-0.05, 0) is 64.4 Å². The third-order valence-electron chi connectivity index (χ3n) is 6.73. The molecule has 1 aromatic carbocycles. The Hall–Kier alpha value is -3.43. The second-order valence-corrected chi connectivity index (χ2v) is 9.40. The monoisotopic (exact) mass is 467 g/mol. The summed E-state index contributed by atoms with van der Waals surface area (Å²) in [4.78, 5) is 34.9. The lowest BCUT2D eigenvalue weighted by Crippen LogP contribution is -2.42. The Morgan fingerprint density at radius 1 is 1.09 bits per heavy atom. The number of hydrogen-bond acceptors (Lipinski definition) is 7. The number of amides is 2. The third kappa shape index (κ3) is 5.37. The van der Waals surface area contributed by atoms with Crippen LogP contribution < -0.4 is 20.9 Å². The molecule has 1 aromatic heterocycles. The summed E-state index contributed by atoms with van der Waals surface area (Å²) in [5.41, 5.74) is 3.32. The van der Waals surface area contributed by atoms with Crippen molar-refractivity contribution in [3.63, 3.8) is 0 Å². The number of rotatable bonds is 6. The van der Waals surface area contributed by atoms with E-state index in [-0.39, 0.29) is 23.8 Å². The van der Waals surface area contributed by atoms with Crippen molar-refractivity contribution in [3.05, 3.63) is 45.1 Å². The maximum absolute atomic E-state index is 12.5. The Morgan fingerprint density at radius 2 is 1.79 bits per heavy atom. The zero-order valence-corrected chi connectivity index (χ0v) is 20.1. The van der Waals surface area contributed by atoms with Crippen LogP contribution in [0.1, 0.15) is 55.3 Å². The maximum Gasteiger partial charge on any atom is 0.319 e. The van der Waals surface area contributed by atoms with Gasteiger partial charge >= 0.3 is 6.03 Å². The Labute approximate surface area is 199 Å². The first-order valence-electron chi connectivity index (χ1n) is 12.0. The lowest BCUT2D eigenvalue weighted by molar-refractivity contribution is -0.385. The first kappa shape index (κ1) is 23.7. The van der Waals surface area contributed by atoms with Crippen molar-refractivity contribution in [2.24, 2.45) is 0 Å². The largest absolute Gasteiger partial charge is 0.362 e. The van der Waals surface area contributed by atoms with Gasteiger partial charge in [-0.2, -0.15) is 4.98 Å². The molecule has 10 nitrogen and oxygen atoms in total. The second-order valence-electron chi connectivity index (χ2n) is 9.40. The fourth-order valence-electron chi connectivity index (χ4n) is 4.87. The zero-order chi connectivity index (χ0) is 24.2. The van der Waals surface area contributed by atoms with Crippen LogP contribution >= 0.6 is 0 Å². The van der Waals surface area contributed by atoms with E-state index >= 15 is 0 Å². The molecule has 4 rings (SSSR count). The Balaban J connectivity index is 1.31. The van der Waals surface area contributed by atoms with E-state index < -0.39 is 4.92 Å². The molecule has 0 saturated heterocycles. The molecule has 10 heteroatoms. The Kier molecular flexibility index (Phi) is 7.14. The van der Waals surface area contributed by atoms with E-state index in [1.54, 1.807) is 19.1 Å². The normalized spacial score (nSPS) is 19.6. The number of nitrogens with one attached hydrogen (secondary N) is 3. The number of aryl methyl sites for hydroxylation is 1. The number of nitrogens with zero attached hydrogens (tertiary/aromatic N) is 4. The van der Waals surface area contributed by atoms with Crippen LogP contribution in [-0.2, 0) is 12.8 Å².